The van der Waals surface area contributed by atoms with E-state index >= 15 is 0 Å². The maximum absolute atomic E-state index is 12.3. The Morgan fingerprint density at radius 2 is 1.76 bits per heavy atom. The smallest absolute Gasteiger partial charge is 0.318 e. The zero-order valence-corrected chi connectivity index (χ0v) is 13.6. The summed E-state index contributed by atoms with van der Waals surface area (Å²) in [7, 11) is -2.96. The van der Waals surface area contributed by atoms with Crippen molar-refractivity contribution in [1.29, 1.82) is 0 Å². The molecule has 0 aromatic rings. The first-order chi connectivity index (χ1) is 9.51. The molecule has 0 radical (unpaired) electrons. The summed E-state index contributed by atoms with van der Waals surface area (Å²) in [6, 6.07) is -0.510. The lowest BCUT2D eigenvalue weighted by Crippen LogP contribution is -2.54. The molecule has 1 rings (SSSR count). The van der Waals surface area contributed by atoms with Crippen LogP contribution in [0, 0.1) is 0 Å². The van der Waals surface area contributed by atoms with Crippen LogP contribution >= 0.6 is 0 Å². The minimum absolute atomic E-state index is 0.0859. The minimum atomic E-state index is -2.96. The first kappa shape index (κ1) is 17.7. The standard InChI is InChI=1S/C13H24N2O5S/c1-13(2,3)15(7-4-11(16)17)12(18)14-10-5-8-21(19,20)9-6-10/h10H,4-9H2,1-3H3,(H,14,18)(H,16,17). The Kier molecular flexibility index (Phi) is 5.61. The average molecular weight is 320 g/mol. The summed E-state index contributed by atoms with van der Waals surface area (Å²) in [6.45, 7) is 5.62. The second-order valence-electron chi connectivity index (χ2n) is 6.34. The topological polar surface area (TPSA) is 104 Å². The fraction of sp³-hybridized carbons (Fsp3) is 0.846. The number of urea groups is 1. The molecular weight excluding hydrogens is 296 g/mol. The van der Waals surface area contributed by atoms with Crippen LogP contribution in [-0.4, -0.2) is 60.1 Å². The molecule has 2 amide bonds. The third-order valence-electron chi connectivity index (χ3n) is 3.49. The van der Waals surface area contributed by atoms with E-state index in [1.54, 1.807) is 0 Å². The van der Waals surface area contributed by atoms with E-state index in [9.17, 15) is 18.0 Å². The summed E-state index contributed by atoms with van der Waals surface area (Å²) in [6.07, 6.45) is 0.694. The predicted molar refractivity (Wildman–Crippen MR) is 78.9 cm³/mol. The summed E-state index contributed by atoms with van der Waals surface area (Å²) in [5.41, 5.74) is -0.500. The fourth-order valence-electron chi connectivity index (χ4n) is 2.24. The highest BCUT2D eigenvalue weighted by atomic mass is 32.2. The molecule has 122 valence electrons. The lowest BCUT2D eigenvalue weighted by atomic mass is 10.1. The van der Waals surface area contributed by atoms with Gasteiger partial charge in [-0.2, -0.15) is 0 Å². The van der Waals surface area contributed by atoms with Gasteiger partial charge in [0, 0.05) is 18.1 Å². The van der Waals surface area contributed by atoms with Crippen LogP contribution in [0.1, 0.15) is 40.0 Å². The molecule has 1 aliphatic heterocycles. The Labute approximate surface area is 125 Å². The fourth-order valence-corrected chi connectivity index (χ4v) is 3.73. The third kappa shape index (κ3) is 5.91. The zero-order valence-electron chi connectivity index (χ0n) is 12.8. The molecule has 0 spiro atoms. The molecule has 2 N–H and O–H groups in total. The molecule has 21 heavy (non-hydrogen) atoms. The molecule has 8 heteroatoms. The highest BCUT2D eigenvalue weighted by Crippen LogP contribution is 2.17. The number of hydrogen-bond acceptors (Lipinski definition) is 4. The van der Waals surface area contributed by atoms with Crippen molar-refractivity contribution >= 4 is 21.8 Å². The molecule has 1 saturated heterocycles. The number of rotatable bonds is 4. The number of carboxylic acid groups (broad SMARTS) is 1. The van der Waals surface area contributed by atoms with Gasteiger partial charge in [-0.05, 0) is 33.6 Å². The third-order valence-corrected chi connectivity index (χ3v) is 5.20. The highest BCUT2D eigenvalue weighted by Gasteiger charge is 2.30. The number of carbonyl (C=O) groups excluding carboxylic acids is 1. The van der Waals surface area contributed by atoms with Crippen molar-refractivity contribution in [3.05, 3.63) is 0 Å². The largest absolute Gasteiger partial charge is 0.481 e. The van der Waals surface area contributed by atoms with Crippen LogP contribution in [0.3, 0.4) is 0 Å². The van der Waals surface area contributed by atoms with Crippen molar-refractivity contribution in [2.45, 2.75) is 51.6 Å². The molecule has 1 heterocycles. The van der Waals surface area contributed by atoms with Crippen LogP contribution in [0.25, 0.3) is 0 Å². The molecule has 1 fully saturated rings. The molecule has 0 aromatic heterocycles. The van der Waals surface area contributed by atoms with Gasteiger partial charge in [-0.3, -0.25) is 4.79 Å². The maximum Gasteiger partial charge on any atom is 0.318 e. The van der Waals surface area contributed by atoms with Gasteiger partial charge in [-0.25, -0.2) is 13.2 Å². The van der Waals surface area contributed by atoms with E-state index in [-0.39, 0.29) is 36.5 Å². The van der Waals surface area contributed by atoms with Gasteiger partial charge in [0.15, 0.2) is 0 Å². The minimum Gasteiger partial charge on any atom is -0.481 e. The van der Waals surface area contributed by atoms with Crippen LogP contribution in [0.5, 0.6) is 0 Å². The summed E-state index contributed by atoms with van der Waals surface area (Å²) < 4.78 is 22.7. The van der Waals surface area contributed by atoms with Crippen molar-refractivity contribution < 1.29 is 23.1 Å². The number of hydrogen-bond donors (Lipinski definition) is 2. The number of carboxylic acids is 1. The van der Waals surface area contributed by atoms with Gasteiger partial charge in [0.2, 0.25) is 0 Å². The number of nitrogens with one attached hydrogen (secondary N) is 1. The quantitative estimate of drug-likeness (QED) is 0.799. The summed E-state index contributed by atoms with van der Waals surface area (Å²) in [5, 5.41) is 11.6. The van der Waals surface area contributed by atoms with E-state index < -0.39 is 21.3 Å². The molecule has 0 unspecified atom stereocenters. The summed E-state index contributed by atoms with van der Waals surface area (Å²) in [4.78, 5) is 24.5. The van der Waals surface area contributed by atoms with Crippen LogP contribution in [0.15, 0.2) is 0 Å². The average Bonchev–Trinajstić information content (AvgIpc) is 2.30. The number of sulfone groups is 1. The molecule has 0 aliphatic carbocycles. The Bertz CT molecular complexity index is 481. The molecule has 0 atom stereocenters. The summed E-state index contributed by atoms with van der Waals surface area (Å²) in [5.74, 6) is -0.786. The van der Waals surface area contributed by atoms with Gasteiger partial charge < -0.3 is 15.3 Å². The van der Waals surface area contributed by atoms with Crippen LogP contribution < -0.4 is 5.32 Å². The van der Waals surface area contributed by atoms with Gasteiger partial charge in [-0.15, -0.1) is 0 Å². The van der Waals surface area contributed by atoms with Gasteiger partial charge in [0.25, 0.3) is 0 Å². The van der Waals surface area contributed by atoms with Crippen LogP contribution in [-0.2, 0) is 14.6 Å². The number of carbonyl (C=O) groups is 2. The molecule has 0 bridgehead atoms. The van der Waals surface area contributed by atoms with E-state index in [0.717, 1.165) is 0 Å². The van der Waals surface area contributed by atoms with Crippen molar-refractivity contribution in [2.75, 3.05) is 18.1 Å². The van der Waals surface area contributed by atoms with Gasteiger partial charge in [0.05, 0.1) is 17.9 Å². The van der Waals surface area contributed by atoms with E-state index in [4.69, 9.17) is 5.11 Å². The van der Waals surface area contributed by atoms with Crippen molar-refractivity contribution in [2.24, 2.45) is 0 Å². The molecule has 0 aromatic carbocycles. The molecule has 1 aliphatic rings. The summed E-state index contributed by atoms with van der Waals surface area (Å²) >= 11 is 0. The van der Waals surface area contributed by atoms with Crippen molar-refractivity contribution in [3.8, 4) is 0 Å². The van der Waals surface area contributed by atoms with Gasteiger partial charge >= 0.3 is 12.0 Å². The number of nitrogens with zero attached hydrogens (tertiary/aromatic N) is 1. The van der Waals surface area contributed by atoms with E-state index in [2.05, 4.69) is 5.32 Å². The number of amides is 2. The number of aliphatic carboxylic acids is 1. The predicted octanol–water partition coefficient (Wildman–Crippen LogP) is 0.848. The normalized spacial score (nSPS) is 19.0. The molecule has 7 nitrogen and oxygen atoms in total. The Morgan fingerprint density at radius 1 is 1.24 bits per heavy atom. The van der Waals surface area contributed by atoms with Crippen LogP contribution in [0.2, 0.25) is 0 Å². The Balaban J connectivity index is 2.63. The monoisotopic (exact) mass is 320 g/mol. The van der Waals surface area contributed by atoms with E-state index in [1.165, 1.54) is 4.90 Å². The van der Waals surface area contributed by atoms with E-state index in [1.807, 2.05) is 20.8 Å². The van der Waals surface area contributed by atoms with Crippen molar-refractivity contribution in [3.63, 3.8) is 0 Å². The lowest BCUT2D eigenvalue weighted by molar-refractivity contribution is -0.137. The van der Waals surface area contributed by atoms with Gasteiger partial charge in [0.1, 0.15) is 9.84 Å². The lowest BCUT2D eigenvalue weighted by Gasteiger charge is -2.37. The highest BCUT2D eigenvalue weighted by molar-refractivity contribution is 7.91. The molecule has 0 saturated carbocycles. The Morgan fingerprint density at radius 3 is 2.19 bits per heavy atom. The van der Waals surface area contributed by atoms with Crippen molar-refractivity contribution in [1.82, 2.24) is 10.2 Å². The second-order valence-corrected chi connectivity index (χ2v) is 8.65. The first-order valence-corrected chi connectivity index (χ1v) is 8.84. The van der Waals surface area contributed by atoms with Crippen LogP contribution in [0.4, 0.5) is 4.79 Å². The SMILES string of the molecule is CC(C)(C)N(CCC(=O)O)C(=O)NC1CCS(=O)(=O)CC1. The van der Waals surface area contributed by atoms with E-state index in [0.29, 0.717) is 12.8 Å². The second kappa shape index (κ2) is 6.64. The maximum atomic E-state index is 12.3. The zero-order chi connectivity index (χ0) is 16.3. The first-order valence-electron chi connectivity index (χ1n) is 7.01. The van der Waals surface area contributed by atoms with Gasteiger partial charge in [-0.1, -0.05) is 0 Å². The Hall–Kier alpha value is -1.31. The molecular formula is C13H24N2O5S.